The molecule has 5 nitrogen and oxygen atoms in total. The highest BCUT2D eigenvalue weighted by Gasteiger charge is 2.10. The highest BCUT2D eigenvalue weighted by molar-refractivity contribution is 6.33. The van der Waals surface area contributed by atoms with Crippen LogP contribution >= 0.6 is 11.6 Å². The molecule has 1 aromatic carbocycles. The monoisotopic (exact) mass is 294 g/mol. The van der Waals surface area contributed by atoms with Crippen molar-refractivity contribution in [3.63, 3.8) is 0 Å². The van der Waals surface area contributed by atoms with Crippen LogP contribution in [0.15, 0.2) is 30.5 Å². The number of hydrogen-bond acceptors (Lipinski definition) is 4. The summed E-state index contributed by atoms with van der Waals surface area (Å²) in [5.41, 5.74) is 3.52. The minimum atomic E-state index is -0.394. The minimum Gasteiger partial charge on any atom is -0.322 e. The first kappa shape index (κ1) is 14.2. The second-order valence-electron chi connectivity index (χ2n) is 4.12. The van der Waals surface area contributed by atoms with Crippen LogP contribution in [-0.4, -0.2) is 10.9 Å². The van der Waals surface area contributed by atoms with Gasteiger partial charge in [-0.25, -0.2) is 15.2 Å². The number of amides is 1. The Labute approximate surface area is 119 Å². The zero-order valence-corrected chi connectivity index (χ0v) is 11.3. The number of nitrogens with zero attached hydrogens (tertiary/aromatic N) is 1. The van der Waals surface area contributed by atoms with Gasteiger partial charge in [-0.2, -0.15) is 0 Å². The Balaban J connectivity index is 2.19. The summed E-state index contributed by atoms with van der Waals surface area (Å²) in [6, 6.07) is 5.75. The van der Waals surface area contributed by atoms with E-state index in [9.17, 15) is 9.18 Å². The molecule has 2 rings (SSSR count). The number of nitrogen functional groups attached to an aromatic ring is 1. The molecular formula is C13H12ClFN4O. The first-order chi connectivity index (χ1) is 9.51. The normalized spacial score (nSPS) is 10.2. The van der Waals surface area contributed by atoms with Crippen molar-refractivity contribution >= 4 is 29.0 Å². The van der Waals surface area contributed by atoms with Gasteiger partial charge in [-0.15, -0.1) is 0 Å². The van der Waals surface area contributed by atoms with E-state index in [-0.39, 0.29) is 22.2 Å². The summed E-state index contributed by atoms with van der Waals surface area (Å²) in [7, 11) is 0. The van der Waals surface area contributed by atoms with Crippen molar-refractivity contribution in [2.75, 3.05) is 10.7 Å². The molecule has 1 heterocycles. The van der Waals surface area contributed by atoms with Gasteiger partial charge < -0.3 is 10.7 Å². The van der Waals surface area contributed by atoms with Crippen LogP contribution in [0.25, 0.3) is 0 Å². The third kappa shape index (κ3) is 3.04. The largest absolute Gasteiger partial charge is 0.322 e. The molecule has 0 aliphatic carbocycles. The van der Waals surface area contributed by atoms with Gasteiger partial charge in [0.2, 0.25) is 0 Å². The fourth-order valence-electron chi connectivity index (χ4n) is 1.59. The van der Waals surface area contributed by atoms with E-state index in [0.717, 1.165) is 0 Å². The van der Waals surface area contributed by atoms with Crippen molar-refractivity contribution < 1.29 is 9.18 Å². The highest BCUT2D eigenvalue weighted by Crippen LogP contribution is 2.20. The number of carbonyl (C=O) groups is 1. The predicted molar refractivity (Wildman–Crippen MR) is 76.1 cm³/mol. The summed E-state index contributed by atoms with van der Waals surface area (Å²) in [4.78, 5) is 15.9. The number of nitrogens with one attached hydrogen (secondary N) is 2. The van der Waals surface area contributed by atoms with E-state index in [1.807, 2.05) is 0 Å². The molecule has 0 aliphatic rings. The zero-order chi connectivity index (χ0) is 14.7. The molecule has 2 aromatic rings. The smallest absolute Gasteiger partial charge is 0.257 e. The van der Waals surface area contributed by atoms with Gasteiger partial charge >= 0.3 is 0 Å². The second kappa shape index (κ2) is 5.85. The molecule has 0 radical (unpaired) electrons. The summed E-state index contributed by atoms with van der Waals surface area (Å²) in [5.74, 6) is 4.75. The number of halogens is 2. The Bertz CT molecular complexity index is 663. The number of hydrogen-bond donors (Lipinski definition) is 3. The first-order valence-electron chi connectivity index (χ1n) is 5.71. The van der Waals surface area contributed by atoms with Crippen LogP contribution in [0.1, 0.15) is 15.9 Å². The minimum absolute atomic E-state index is 0.232. The Morgan fingerprint density at radius 2 is 2.15 bits per heavy atom. The van der Waals surface area contributed by atoms with Crippen LogP contribution in [0.2, 0.25) is 5.02 Å². The van der Waals surface area contributed by atoms with E-state index in [2.05, 4.69) is 15.7 Å². The van der Waals surface area contributed by atoms with Crippen molar-refractivity contribution in [1.82, 2.24) is 4.98 Å². The fourth-order valence-corrected chi connectivity index (χ4v) is 1.81. The SMILES string of the molecule is Cc1cc(NC(=O)c2cnc(NN)c(Cl)c2)ccc1F. The van der Waals surface area contributed by atoms with Crippen LogP contribution in [0.4, 0.5) is 15.9 Å². The van der Waals surface area contributed by atoms with Gasteiger partial charge in [0.15, 0.2) is 5.82 Å². The van der Waals surface area contributed by atoms with Gasteiger partial charge in [0.25, 0.3) is 5.91 Å². The molecule has 104 valence electrons. The molecular weight excluding hydrogens is 283 g/mol. The van der Waals surface area contributed by atoms with Crippen LogP contribution in [0.3, 0.4) is 0 Å². The van der Waals surface area contributed by atoms with Crippen LogP contribution in [0.5, 0.6) is 0 Å². The molecule has 0 bridgehead atoms. The lowest BCUT2D eigenvalue weighted by atomic mass is 10.2. The van der Waals surface area contributed by atoms with Crippen molar-refractivity contribution in [2.24, 2.45) is 5.84 Å². The maximum atomic E-state index is 13.1. The lowest BCUT2D eigenvalue weighted by Gasteiger charge is -2.08. The molecule has 0 atom stereocenters. The number of aromatic nitrogens is 1. The Morgan fingerprint density at radius 1 is 1.40 bits per heavy atom. The quantitative estimate of drug-likeness (QED) is 0.600. The third-order valence-electron chi connectivity index (χ3n) is 2.66. The van der Waals surface area contributed by atoms with E-state index >= 15 is 0 Å². The summed E-state index contributed by atoms with van der Waals surface area (Å²) < 4.78 is 13.1. The van der Waals surface area contributed by atoms with Gasteiger partial charge in [0.05, 0.1) is 10.6 Å². The molecule has 1 aromatic heterocycles. The van der Waals surface area contributed by atoms with Crippen LogP contribution < -0.4 is 16.6 Å². The van der Waals surface area contributed by atoms with Gasteiger partial charge in [0.1, 0.15) is 5.82 Å². The average molecular weight is 295 g/mol. The van der Waals surface area contributed by atoms with E-state index in [1.165, 1.54) is 30.5 Å². The third-order valence-corrected chi connectivity index (χ3v) is 2.94. The van der Waals surface area contributed by atoms with E-state index in [0.29, 0.717) is 11.3 Å². The first-order valence-corrected chi connectivity index (χ1v) is 6.08. The van der Waals surface area contributed by atoms with Crippen LogP contribution in [0, 0.1) is 12.7 Å². The predicted octanol–water partition coefficient (Wildman–Crippen LogP) is 2.72. The molecule has 0 fully saturated rings. The highest BCUT2D eigenvalue weighted by atomic mass is 35.5. The molecule has 0 spiro atoms. The van der Waals surface area contributed by atoms with Gasteiger partial charge in [-0.3, -0.25) is 4.79 Å². The van der Waals surface area contributed by atoms with Crippen LogP contribution in [-0.2, 0) is 0 Å². The number of carbonyl (C=O) groups excluding carboxylic acids is 1. The van der Waals surface area contributed by atoms with E-state index in [4.69, 9.17) is 17.4 Å². The number of hydrazine groups is 1. The lowest BCUT2D eigenvalue weighted by molar-refractivity contribution is 0.102. The van der Waals surface area contributed by atoms with Crippen molar-refractivity contribution in [3.05, 3.63) is 52.4 Å². The maximum Gasteiger partial charge on any atom is 0.257 e. The zero-order valence-electron chi connectivity index (χ0n) is 10.6. The summed E-state index contributed by atoms with van der Waals surface area (Å²) >= 11 is 5.89. The number of anilines is 2. The number of pyridine rings is 1. The molecule has 0 saturated heterocycles. The second-order valence-corrected chi connectivity index (χ2v) is 4.52. The molecule has 7 heteroatoms. The van der Waals surface area contributed by atoms with E-state index < -0.39 is 5.91 Å². The Morgan fingerprint density at radius 3 is 2.75 bits per heavy atom. The maximum absolute atomic E-state index is 13.1. The Kier molecular flexibility index (Phi) is 4.16. The van der Waals surface area contributed by atoms with Crippen molar-refractivity contribution in [1.29, 1.82) is 0 Å². The molecule has 0 unspecified atom stereocenters. The molecule has 0 aliphatic heterocycles. The molecule has 1 amide bonds. The Hall–Kier alpha value is -2.18. The average Bonchev–Trinajstić information content (AvgIpc) is 2.42. The standard InChI is InChI=1S/C13H12ClFN4O/c1-7-4-9(2-3-11(7)15)18-13(20)8-5-10(14)12(19-16)17-6-8/h2-6H,16H2,1H3,(H,17,19)(H,18,20). The molecule has 0 saturated carbocycles. The fraction of sp³-hybridized carbons (Fsp3) is 0.0769. The topological polar surface area (TPSA) is 80.0 Å². The summed E-state index contributed by atoms with van der Waals surface area (Å²) in [5, 5.41) is 2.87. The number of aryl methyl sites for hydroxylation is 1. The number of rotatable bonds is 3. The number of nitrogens with two attached hydrogens (primary N) is 1. The lowest BCUT2D eigenvalue weighted by Crippen LogP contribution is -2.14. The van der Waals surface area contributed by atoms with Crippen molar-refractivity contribution in [2.45, 2.75) is 6.92 Å². The van der Waals surface area contributed by atoms with Gasteiger partial charge in [-0.1, -0.05) is 11.6 Å². The molecule has 4 N–H and O–H groups in total. The number of benzene rings is 1. The molecule has 20 heavy (non-hydrogen) atoms. The van der Waals surface area contributed by atoms with Crippen molar-refractivity contribution in [3.8, 4) is 0 Å². The van der Waals surface area contributed by atoms with E-state index in [1.54, 1.807) is 6.92 Å². The van der Waals surface area contributed by atoms with Gasteiger partial charge in [-0.05, 0) is 36.8 Å². The summed E-state index contributed by atoms with van der Waals surface area (Å²) in [6.45, 7) is 1.62. The van der Waals surface area contributed by atoms with Gasteiger partial charge in [0, 0.05) is 11.9 Å². The summed E-state index contributed by atoms with van der Waals surface area (Å²) in [6.07, 6.45) is 1.34.